The SMILES string of the molecule is Cc1c(N)cccc1C(=O)NC1(CO)CCCCC1. The van der Waals surface area contributed by atoms with E-state index in [9.17, 15) is 9.90 Å². The third-order valence-corrected chi connectivity index (χ3v) is 4.11. The van der Waals surface area contributed by atoms with Crippen LogP contribution < -0.4 is 11.1 Å². The zero-order valence-electron chi connectivity index (χ0n) is 11.4. The summed E-state index contributed by atoms with van der Waals surface area (Å²) < 4.78 is 0. The van der Waals surface area contributed by atoms with Crippen molar-refractivity contribution in [1.29, 1.82) is 0 Å². The van der Waals surface area contributed by atoms with Crippen LogP contribution in [0, 0.1) is 6.92 Å². The summed E-state index contributed by atoms with van der Waals surface area (Å²) >= 11 is 0. The number of hydrogen-bond donors (Lipinski definition) is 3. The molecule has 2 rings (SSSR count). The van der Waals surface area contributed by atoms with Gasteiger partial charge < -0.3 is 16.2 Å². The van der Waals surface area contributed by atoms with Crippen LogP contribution >= 0.6 is 0 Å². The van der Waals surface area contributed by atoms with Crippen molar-refractivity contribution in [2.45, 2.75) is 44.6 Å². The molecule has 4 N–H and O–H groups in total. The number of anilines is 1. The lowest BCUT2D eigenvalue weighted by atomic mass is 9.82. The zero-order chi connectivity index (χ0) is 13.9. The summed E-state index contributed by atoms with van der Waals surface area (Å²) in [4.78, 5) is 12.4. The number of aliphatic hydroxyl groups is 1. The molecule has 1 fully saturated rings. The molecule has 0 spiro atoms. The minimum atomic E-state index is -0.452. The molecule has 19 heavy (non-hydrogen) atoms. The van der Waals surface area contributed by atoms with E-state index < -0.39 is 5.54 Å². The molecular formula is C15H22N2O2. The molecule has 0 saturated heterocycles. The Morgan fingerprint density at radius 3 is 2.68 bits per heavy atom. The average molecular weight is 262 g/mol. The number of hydrogen-bond acceptors (Lipinski definition) is 3. The summed E-state index contributed by atoms with van der Waals surface area (Å²) in [6.07, 6.45) is 4.97. The van der Waals surface area contributed by atoms with Gasteiger partial charge in [0.25, 0.3) is 5.91 Å². The Morgan fingerprint density at radius 1 is 1.37 bits per heavy atom. The highest BCUT2D eigenvalue weighted by molar-refractivity contribution is 5.97. The van der Waals surface area contributed by atoms with Gasteiger partial charge in [0.05, 0.1) is 12.1 Å². The standard InChI is InChI=1S/C15H22N2O2/c1-11-12(6-5-7-13(11)16)14(19)17-15(10-18)8-3-2-4-9-15/h5-7,18H,2-4,8-10,16H2,1H3,(H,17,19). The second-order valence-electron chi connectivity index (χ2n) is 5.47. The molecule has 1 amide bonds. The highest BCUT2D eigenvalue weighted by atomic mass is 16.3. The Labute approximate surface area is 114 Å². The third kappa shape index (κ3) is 2.89. The van der Waals surface area contributed by atoms with Crippen LogP contribution in [-0.2, 0) is 0 Å². The van der Waals surface area contributed by atoms with Gasteiger partial charge in [-0.1, -0.05) is 25.3 Å². The Bertz CT molecular complexity index is 465. The molecule has 4 nitrogen and oxygen atoms in total. The lowest BCUT2D eigenvalue weighted by molar-refractivity contribution is 0.0758. The average Bonchev–Trinajstić information content (AvgIpc) is 2.42. The van der Waals surface area contributed by atoms with Gasteiger partial charge in [-0.2, -0.15) is 0 Å². The normalized spacial score (nSPS) is 18.0. The van der Waals surface area contributed by atoms with Crippen LogP contribution in [0.5, 0.6) is 0 Å². The molecule has 0 heterocycles. The van der Waals surface area contributed by atoms with Crippen LogP contribution in [0.2, 0.25) is 0 Å². The largest absolute Gasteiger partial charge is 0.398 e. The zero-order valence-corrected chi connectivity index (χ0v) is 11.4. The van der Waals surface area contributed by atoms with E-state index in [-0.39, 0.29) is 12.5 Å². The van der Waals surface area contributed by atoms with E-state index >= 15 is 0 Å². The van der Waals surface area contributed by atoms with E-state index in [1.807, 2.05) is 6.92 Å². The van der Waals surface area contributed by atoms with Gasteiger partial charge in [0.2, 0.25) is 0 Å². The number of benzene rings is 1. The summed E-state index contributed by atoms with van der Waals surface area (Å²) in [5, 5.41) is 12.6. The molecule has 1 saturated carbocycles. The molecule has 0 bridgehead atoms. The van der Waals surface area contributed by atoms with Crippen molar-refractivity contribution in [2.24, 2.45) is 0 Å². The quantitative estimate of drug-likeness (QED) is 0.729. The van der Waals surface area contributed by atoms with Crippen LogP contribution in [0.1, 0.15) is 48.0 Å². The molecule has 0 radical (unpaired) electrons. The molecular weight excluding hydrogens is 240 g/mol. The van der Waals surface area contributed by atoms with E-state index in [1.165, 1.54) is 6.42 Å². The first-order valence-corrected chi connectivity index (χ1v) is 6.86. The van der Waals surface area contributed by atoms with Crippen molar-refractivity contribution in [2.75, 3.05) is 12.3 Å². The Balaban J connectivity index is 2.17. The number of aliphatic hydroxyl groups excluding tert-OH is 1. The fourth-order valence-corrected chi connectivity index (χ4v) is 2.76. The highest BCUT2D eigenvalue weighted by Gasteiger charge is 2.33. The van der Waals surface area contributed by atoms with Gasteiger partial charge >= 0.3 is 0 Å². The van der Waals surface area contributed by atoms with Crippen molar-refractivity contribution in [3.05, 3.63) is 29.3 Å². The van der Waals surface area contributed by atoms with Gasteiger partial charge in [-0.05, 0) is 37.5 Å². The number of carbonyl (C=O) groups is 1. The molecule has 0 aromatic heterocycles. The van der Waals surface area contributed by atoms with Gasteiger partial charge in [0, 0.05) is 11.3 Å². The molecule has 1 aliphatic carbocycles. The minimum absolute atomic E-state index is 0.000103. The lowest BCUT2D eigenvalue weighted by Crippen LogP contribution is -2.52. The van der Waals surface area contributed by atoms with Crippen LogP contribution in [0.15, 0.2) is 18.2 Å². The summed E-state index contributed by atoms with van der Waals surface area (Å²) in [5.41, 5.74) is 7.39. The maximum atomic E-state index is 12.4. The fourth-order valence-electron chi connectivity index (χ4n) is 2.76. The molecule has 0 unspecified atom stereocenters. The predicted octanol–water partition coefficient (Wildman–Crippen LogP) is 2.00. The number of carbonyl (C=O) groups excluding carboxylic acids is 1. The minimum Gasteiger partial charge on any atom is -0.398 e. The van der Waals surface area contributed by atoms with Crippen molar-refractivity contribution >= 4 is 11.6 Å². The van der Waals surface area contributed by atoms with Crippen molar-refractivity contribution in [1.82, 2.24) is 5.32 Å². The van der Waals surface area contributed by atoms with Crippen LogP contribution in [-0.4, -0.2) is 23.2 Å². The van der Waals surface area contributed by atoms with Crippen molar-refractivity contribution in [3.63, 3.8) is 0 Å². The molecule has 0 atom stereocenters. The van der Waals surface area contributed by atoms with E-state index in [2.05, 4.69) is 5.32 Å². The van der Waals surface area contributed by atoms with Gasteiger partial charge in [-0.25, -0.2) is 0 Å². The molecule has 0 aliphatic heterocycles. The summed E-state index contributed by atoms with van der Waals surface area (Å²) in [5.74, 6) is -0.138. The Kier molecular flexibility index (Phi) is 4.10. The first-order chi connectivity index (χ1) is 9.08. The molecule has 1 aliphatic rings. The maximum Gasteiger partial charge on any atom is 0.252 e. The van der Waals surface area contributed by atoms with E-state index in [4.69, 9.17) is 5.73 Å². The van der Waals surface area contributed by atoms with E-state index in [0.29, 0.717) is 11.3 Å². The van der Waals surface area contributed by atoms with Crippen LogP contribution in [0.25, 0.3) is 0 Å². The number of amides is 1. The second kappa shape index (κ2) is 5.61. The topological polar surface area (TPSA) is 75.4 Å². The Morgan fingerprint density at radius 2 is 2.05 bits per heavy atom. The first-order valence-electron chi connectivity index (χ1n) is 6.86. The van der Waals surface area contributed by atoms with E-state index in [0.717, 1.165) is 31.2 Å². The summed E-state index contributed by atoms with van der Waals surface area (Å²) in [6.45, 7) is 1.84. The summed E-state index contributed by atoms with van der Waals surface area (Å²) in [7, 11) is 0. The monoisotopic (exact) mass is 262 g/mol. The molecule has 104 valence electrons. The number of nitrogen functional groups attached to an aromatic ring is 1. The second-order valence-corrected chi connectivity index (χ2v) is 5.47. The third-order valence-electron chi connectivity index (χ3n) is 4.11. The number of nitrogens with one attached hydrogen (secondary N) is 1. The van der Waals surface area contributed by atoms with Gasteiger partial charge in [0.1, 0.15) is 0 Å². The first kappa shape index (κ1) is 13.9. The lowest BCUT2D eigenvalue weighted by Gasteiger charge is -2.36. The summed E-state index contributed by atoms with van der Waals surface area (Å²) in [6, 6.07) is 5.34. The molecule has 1 aromatic carbocycles. The van der Waals surface area contributed by atoms with Crippen molar-refractivity contribution in [3.8, 4) is 0 Å². The van der Waals surface area contributed by atoms with Crippen molar-refractivity contribution < 1.29 is 9.90 Å². The van der Waals surface area contributed by atoms with Gasteiger partial charge in [-0.3, -0.25) is 4.79 Å². The predicted molar refractivity (Wildman–Crippen MR) is 76.0 cm³/mol. The van der Waals surface area contributed by atoms with Crippen LogP contribution in [0.4, 0.5) is 5.69 Å². The number of rotatable bonds is 3. The fraction of sp³-hybridized carbons (Fsp3) is 0.533. The van der Waals surface area contributed by atoms with Gasteiger partial charge in [0.15, 0.2) is 0 Å². The Hall–Kier alpha value is -1.55. The van der Waals surface area contributed by atoms with E-state index in [1.54, 1.807) is 18.2 Å². The molecule has 4 heteroatoms. The smallest absolute Gasteiger partial charge is 0.252 e. The number of nitrogens with two attached hydrogens (primary N) is 1. The maximum absolute atomic E-state index is 12.4. The van der Waals surface area contributed by atoms with Crippen LogP contribution in [0.3, 0.4) is 0 Å². The van der Waals surface area contributed by atoms with Gasteiger partial charge in [-0.15, -0.1) is 0 Å². The molecule has 1 aromatic rings. The highest BCUT2D eigenvalue weighted by Crippen LogP contribution is 2.28.